The first-order chi connectivity index (χ1) is 9.19. The minimum Gasteiger partial charge on any atom is -0.342 e. The van der Waals surface area contributed by atoms with Crippen molar-refractivity contribution in [1.82, 2.24) is 10.2 Å². The molecule has 0 radical (unpaired) electrons. The van der Waals surface area contributed by atoms with Crippen molar-refractivity contribution >= 4 is 23.6 Å². The van der Waals surface area contributed by atoms with Crippen LogP contribution in [0, 0.1) is 5.92 Å². The third-order valence-corrected chi connectivity index (χ3v) is 4.88. The van der Waals surface area contributed by atoms with Crippen LogP contribution in [-0.4, -0.2) is 46.8 Å². The van der Waals surface area contributed by atoms with Crippen LogP contribution in [0.2, 0.25) is 0 Å². The van der Waals surface area contributed by atoms with Crippen molar-refractivity contribution in [2.75, 3.05) is 18.1 Å². The van der Waals surface area contributed by atoms with Gasteiger partial charge in [-0.1, -0.05) is 13.8 Å². The van der Waals surface area contributed by atoms with Gasteiger partial charge in [0.2, 0.25) is 11.8 Å². The normalized spacial score (nSPS) is 27.6. The quantitative estimate of drug-likeness (QED) is 0.723. The van der Waals surface area contributed by atoms with Crippen LogP contribution in [0.5, 0.6) is 0 Å². The standard InChI is InChI=1S/C14H24N2O2S/c1-3-11-13(17)15-12(10-6-7-10)14(18)16(11)8-5-9-19-4-2/h10-12H,3-9H2,1-2H3,(H,15,17). The van der Waals surface area contributed by atoms with E-state index in [9.17, 15) is 9.59 Å². The SMILES string of the molecule is CCSCCCN1C(=O)C(C2CC2)NC(=O)C1CC. The van der Waals surface area contributed by atoms with Gasteiger partial charge in [0.1, 0.15) is 12.1 Å². The smallest absolute Gasteiger partial charge is 0.246 e. The molecule has 4 nitrogen and oxygen atoms in total. The number of carbonyl (C=O) groups is 2. The molecule has 1 heterocycles. The lowest BCUT2D eigenvalue weighted by Gasteiger charge is -2.38. The van der Waals surface area contributed by atoms with Crippen LogP contribution in [-0.2, 0) is 9.59 Å². The van der Waals surface area contributed by atoms with E-state index in [1.165, 1.54) is 0 Å². The zero-order valence-corrected chi connectivity index (χ0v) is 12.7. The summed E-state index contributed by atoms with van der Waals surface area (Å²) in [7, 11) is 0. The van der Waals surface area contributed by atoms with E-state index in [-0.39, 0.29) is 23.9 Å². The van der Waals surface area contributed by atoms with Crippen molar-refractivity contribution in [3.05, 3.63) is 0 Å². The highest BCUT2D eigenvalue weighted by molar-refractivity contribution is 7.99. The molecule has 108 valence electrons. The molecular weight excluding hydrogens is 260 g/mol. The van der Waals surface area contributed by atoms with Gasteiger partial charge in [-0.05, 0) is 43.1 Å². The monoisotopic (exact) mass is 284 g/mol. The molecule has 2 amide bonds. The second-order valence-corrected chi connectivity index (χ2v) is 6.72. The summed E-state index contributed by atoms with van der Waals surface area (Å²) in [6, 6.07) is -0.497. The molecule has 1 saturated heterocycles. The van der Waals surface area contributed by atoms with Gasteiger partial charge in [-0.2, -0.15) is 11.8 Å². The summed E-state index contributed by atoms with van der Waals surface area (Å²) >= 11 is 1.89. The van der Waals surface area contributed by atoms with Crippen LogP contribution < -0.4 is 5.32 Å². The lowest BCUT2D eigenvalue weighted by atomic mass is 10.0. The van der Waals surface area contributed by atoms with Crippen molar-refractivity contribution in [2.45, 2.75) is 51.6 Å². The van der Waals surface area contributed by atoms with E-state index in [0.29, 0.717) is 12.3 Å². The first-order valence-corrected chi connectivity index (χ1v) is 8.53. The fourth-order valence-electron chi connectivity index (χ4n) is 2.69. The molecule has 0 spiro atoms. The van der Waals surface area contributed by atoms with E-state index >= 15 is 0 Å². The Hall–Kier alpha value is -0.710. The van der Waals surface area contributed by atoms with Crippen molar-refractivity contribution in [3.8, 4) is 0 Å². The Labute approximate surface area is 119 Å². The van der Waals surface area contributed by atoms with E-state index in [0.717, 1.165) is 37.3 Å². The van der Waals surface area contributed by atoms with Crippen LogP contribution in [0.25, 0.3) is 0 Å². The molecule has 2 fully saturated rings. The number of hydrogen-bond acceptors (Lipinski definition) is 3. The Morgan fingerprint density at radius 1 is 1.32 bits per heavy atom. The van der Waals surface area contributed by atoms with Gasteiger partial charge in [-0.3, -0.25) is 9.59 Å². The molecular formula is C14H24N2O2S. The lowest BCUT2D eigenvalue weighted by molar-refractivity contribution is -0.150. The third-order valence-electron chi connectivity index (χ3n) is 3.90. The average molecular weight is 284 g/mol. The minimum atomic E-state index is -0.255. The van der Waals surface area contributed by atoms with Crippen LogP contribution >= 0.6 is 11.8 Å². The number of piperazine rings is 1. The number of rotatable bonds is 7. The Balaban J connectivity index is 1.97. The summed E-state index contributed by atoms with van der Waals surface area (Å²) in [6.07, 6.45) is 3.83. The molecule has 0 bridgehead atoms. The zero-order valence-electron chi connectivity index (χ0n) is 11.9. The van der Waals surface area contributed by atoms with Crippen LogP contribution in [0.1, 0.15) is 39.5 Å². The first-order valence-electron chi connectivity index (χ1n) is 7.37. The highest BCUT2D eigenvalue weighted by atomic mass is 32.2. The summed E-state index contributed by atoms with van der Waals surface area (Å²) in [4.78, 5) is 26.4. The maximum atomic E-state index is 12.5. The van der Waals surface area contributed by atoms with Crippen molar-refractivity contribution in [1.29, 1.82) is 0 Å². The number of amides is 2. The van der Waals surface area contributed by atoms with Gasteiger partial charge < -0.3 is 10.2 Å². The molecule has 19 heavy (non-hydrogen) atoms. The topological polar surface area (TPSA) is 49.4 Å². The second-order valence-electron chi connectivity index (χ2n) is 5.33. The van der Waals surface area contributed by atoms with Gasteiger partial charge in [0.15, 0.2) is 0 Å². The molecule has 2 atom stereocenters. The molecule has 1 N–H and O–H groups in total. The third kappa shape index (κ3) is 3.44. The van der Waals surface area contributed by atoms with Crippen LogP contribution in [0.4, 0.5) is 0 Å². The molecule has 0 aromatic carbocycles. The largest absolute Gasteiger partial charge is 0.342 e. The second kappa shape index (κ2) is 6.64. The number of hydrogen-bond donors (Lipinski definition) is 1. The summed E-state index contributed by atoms with van der Waals surface area (Å²) in [5.41, 5.74) is 0. The van der Waals surface area contributed by atoms with Crippen molar-refractivity contribution in [2.24, 2.45) is 5.92 Å². The van der Waals surface area contributed by atoms with Crippen LogP contribution in [0.15, 0.2) is 0 Å². The molecule has 1 aliphatic heterocycles. The fraction of sp³-hybridized carbons (Fsp3) is 0.857. The Morgan fingerprint density at radius 2 is 2.05 bits per heavy atom. The molecule has 0 aromatic rings. The predicted octanol–water partition coefficient (Wildman–Crippen LogP) is 1.65. The van der Waals surface area contributed by atoms with Gasteiger partial charge in [0.25, 0.3) is 0 Å². The molecule has 2 rings (SSSR count). The van der Waals surface area contributed by atoms with Crippen molar-refractivity contribution in [3.63, 3.8) is 0 Å². The zero-order chi connectivity index (χ0) is 13.8. The molecule has 5 heteroatoms. The molecule has 2 aliphatic rings. The first kappa shape index (κ1) is 14.7. The maximum Gasteiger partial charge on any atom is 0.246 e. The van der Waals surface area contributed by atoms with E-state index in [1.54, 1.807) is 0 Å². The highest BCUT2D eigenvalue weighted by Crippen LogP contribution is 2.35. The van der Waals surface area contributed by atoms with E-state index in [2.05, 4.69) is 12.2 Å². The molecule has 1 aliphatic carbocycles. The minimum absolute atomic E-state index is 0.0437. The van der Waals surface area contributed by atoms with E-state index in [4.69, 9.17) is 0 Å². The molecule has 2 unspecified atom stereocenters. The van der Waals surface area contributed by atoms with E-state index < -0.39 is 0 Å². The number of thioether (sulfide) groups is 1. The Morgan fingerprint density at radius 3 is 2.63 bits per heavy atom. The summed E-state index contributed by atoms with van der Waals surface area (Å²) in [5.74, 6) is 2.75. The van der Waals surface area contributed by atoms with Crippen LogP contribution in [0.3, 0.4) is 0 Å². The fourth-order valence-corrected chi connectivity index (χ4v) is 3.31. The van der Waals surface area contributed by atoms with Crippen molar-refractivity contribution < 1.29 is 9.59 Å². The van der Waals surface area contributed by atoms with Gasteiger partial charge in [0, 0.05) is 6.54 Å². The average Bonchev–Trinajstić information content (AvgIpc) is 3.22. The maximum absolute atomic E-state index is 12.5. The number of nitrogens with zero attached hydrogens (tertiary/aromatic N) is 1. The summed E-state index contributed by atoms with van der Waals surface area (Å²) in [5, 5.41) is 2.93. The summed E-state index contributed by atoms with van der Waals surface area (Å²) in [6.45, 7) is 4.84. The molecule has 0 aromatic heterocycles. The van der Waals surface area contributed by atoms with Gasteiger partial charge >= 0.3 is 0 Å². The lowest BCUT2D eigenvalue weighted by Crippen LogP contribution is -2.63. The van der Waals surface area contributed by atoms with Gasteiger partial charge in [-0.15, -0.1) is 0 Å². The predicted molar refractivity (Wildman–Crippen MR) is 78.1 cm³/mol. The molecule has 1 saturated carbocycles. The number of carbonyl (C=O) groups excluding carboxylic acids is 2. The Bertz CT molecular complexity index is 344. The number of nitrogens with one attached hydrogen (secondary N) is 1. The Kier molecular flexibility index (Phi) is 5.13. The van der Waals surface area contributed by atoms with Gasteiger partial charge in [-0.25, -0.2) is 0 Å². The van der Waals surface area contributed by atoms with Gasteiger partial charge in [0.05, 0.1) is 0 Å². The summed E-state index contributed by atoms with van der Waals surface area (Å²) < 4.78 is 0. The highest BCUT2D eigenvalue weighted by Gasteiger charge is 2.45. The van der Waals surface area contributed by atoms with E-state index in [1.807, 2.05) is 23.6 Å².